The van der Waals surface area contributed by atoms with E-state index in [1.54, 1.807) is 7.11 Å². The van der Waals surface area contributed by atoms with Crippen molar-refractivity contribution in [2.45, 2.75) is 45.7 Å². The zero-order valence-electron chi connectivity index (χ0n) is 17.3. The molecule has 3 rings (SSSR count). The summed E-state index contributed by atoms with van der Waals surface area (Å²) in [6.45, 7) is 8.69. The monoisotopic (exact) mass is 384 g/mol. The van der Waals surface area contributed by atoms with Gasteiger partial charge in [0.2, 0.25) is 5.91 Å². The largest absolute Gasteiger partial charge is 0.497 e. The van der Waals surface area contributed by atoms with Gasteiger partial charge in [-0.25, -0.2) is 0 Å². The number of ether oxygens (including phenoxy) is 1. The van der Waals surface area contributed by atoms with Crippen molar-refractivity contribution in [1.29, 1.82) is 0 Å². The highest BCUT2D eigenvalue weighted by Crippen LogP contribution is 2.14. The van der Waals surface area contributed by atoms with E-state index in [0.29, 0.717) is 12.5 Å². The zero-order chi connectivity index (χ0) is 19.9. The molecule has 0 aliphatic carbocycles. The summed E-state index contributed by atoms with van der Waals surface area (Å²) in [6, 6.07) is 10.5. The van der Waals surface area contributed by atoms with E-state index in [4.69, 9.17) is 4.74 Å². The van der Waals surface area contributed by atoms with Crippen LogP contribution in [0.4, 0.5) is 0 Å². The molecule has 152 valence electrons. The lowest BCUT2D eigenvalue weighted by atomic mass is 10.1. The first-order chi connectivity index (χ1) is 13.5. The number of amides is 1. The molecule has 6 heteroatoms. The average Bonchev–Trinajstić information content (AvgIpc) is 3.05. The first-order valence-electron chi connectivity index (χ1n) is 10.2. The molecule has 0 unspecified atom stereocenters. The van der Waals surface area contributed by atoms with Crippen LogP contribution in [0.2, 0.25) is 0 Å². The van der Waals surface area contributed by atoms with Crippen molar-refractivity contribution in [3.8, 4) is 5.75 Å². The van der Waals surface area contributed by atoms with Gasteiger partial charge in [0.1, 0.15) is 5.75 Å². The third-order valence-electron chi connectivity index (χ3n) is 5.31. The lowest BCUT2D eigenvalue weighted by Crippen LogP contribution is -2.35. The van der Waals surface area contributed by atoms with Crippen molar-refractivity contribution in [1.82, 2.24) is 19.6 Å². The highest BCUT2D eigenvalue weighted by atomic mass is 16.5. The Balaban J connectivity index is 1.46. The number of hydrogen-bond acceptors (Lipinski definition) is 4. The van der Waals surface area contributed by atoms with E-state index in [2.05, 4.69) is 29.9 Å². The first-order valence-corrected chi connectivity index (χ1v) is 10.2. The lowest BCUT2D eigenvalue weighted by Gasteiger charge is -2.21. The van der Waals surface area contributed by atoms with Crippen molar-refractivity contribution in [3.63, 3.8) is 0 Å². The molecule has 28 heavy (non-hydrogen) atoms. The molecule has 0 N–H and O–H groups in total. The molecule has 1 saturated heterocycles. The number of hydrogen-bond donors (Lipinski definition) is 0. The summed E-state index contributed by atoms with van der Waals surface area (Å²) in [5, 5.41) is 4.65. The summed E-state index contributed by atoms with van der Waals surface area (Å²) < 4.78 is 7.19. The fourth-order valence-corrected chi connectivity index (χ4v) is 3.56. The number of aryl methyl sites for hydroxylation is 1. The van der Waals surface area contributed by atoms with Gasteiger partial charge in [-0.15, -0.1) is 0 Å². The van der Waals surface area contributed by atoms with Gasteiger partial charge in [-0.1, -0.05) is 12.1 Å². The molecule has 0 bridgehead atoms. The zero-order valence-corrected chi connectivity index (χ0v) is 17.3. The van der Waals surface area contributed by atoms with Gasteiger partial charge in [-0.05, 0) is 50.5 Å². The topological polar surface area (TPSA) is 50.6 Å². The Morgan fingerprint density at radius 1 is 1.11 bits per heavy atom. The fourth-order valence-electron chi connectivity index (χ4n) is 3.56. The van der Waals surface area contributed by atoms with E-state index >= 15 is 0 Å². The molecule has 0 spiro atoms. The predicted molar refractivity (Wildman–Crippen MR) is 110 cm³/mol. The van der Waals surface area contributed by atoms with E-state index in [9.17, 15) is 4.79 Å². The maximum atomic E-state index is 12.7. The number of benzene rings is 1. The Morgan fingerprint density at radius 3 is 2.57 bits per heavy atom. The normalized spacial score (nSPS) is 15.6. The van der Waals surface area contributed by atoms with E-state index < -0.39 is 0 Å². The maximum Gasteiger partial charge on any atom is 0.222 e. The molecule has 1 aromatic carbocycles. The minimum absolute atomic E-state index is 0.252. The Labute approximate surface area is 168 Å². The number of rotatable bonds is 7. The van der Waals surface area contributed by atoms with Crippen molar-refractivity contribution in [2.24, 2.45) is 0 Å². The molecule has 1 fully saturated rings. The number of aromatic nitrogens is 2. The second-order valence-corrected chi connectivity index (χ2v) is 7.74. The van der Waals surface area contributed by atoms with Gasteiger partial charge in [-0.2, -0.15) is 5.10 Å². The van der Waals surface area contributed by atoms with Crippen LogP contribution in [0.3, 0.4) is 0 Å². The number of carbonyl (C=O) groups excluding carboxylic acids is 1. The fraction of sp³-hybridized carbons (Fsp3) is 0.545. The van der Waals surface area contributed by atoms with Crippen LogP contribution in [-0.2, 0) is 17.8 Å². The minimum Gasteiger partial charge on any atom is -0.497 e. The highest BCUT2D eigenvalue weighted by molar-refractivity contribution is 5.76. The van der Waals surface area contributed by atoms with Crippen LogP contribution < -0.4 is 4.74 Å². The van der Waals surface area contributed by atoms with E-state index in [-0.39, 0.29) is 5.91 Å². The van der Waals surface area contributed by atoms with Gasteiger partial charge in [0.25, 0.3) is 0 Å². The van der Waals surface area contributed by atoms with Crippen molar-refractivity contribution < 1.29 is 9.53 Å². The van der Waals surface area contributed by atoms with Crippen LogP contribution in [-0.4, -0.2) is 58.8 Å². The van der Waals surface area contributed by atoms with Gasteiger partial charge in [0, 0.05) is 51.4 Å². The first kappa shape index (κ1) is 20.4. The summed E-state index contributed by atoms with van der Waals surface area (Å²) in [7, 11) is 1.66. The van der Waals surface area contributed by atoms with E-state index in [1.165, 1.54) is 5.56 Å². The van der Waals surface area contributed by atoms with E-state index in [1.807, 2.05) is 40.0 Å². The standard InChI is InChI=1S/C22H32N4O2/c1-18(2)26-14-11-20(23-26)17-24-12-4-13-25(16-15-24)22(27)10-7-19-5-8-21(28-3)9-6-19/h5-6,8-9,11,14,18H,4,7,10,12-13,15-17H2,1-3H3. The summed E-state index contributed by atoms with van der Waals surface area (Å²) >= 11 is 0. The van der Waals surface area contributed by atoms with Crippen LogP contribution in [0.5, 0.6) is 5.75 Å². The van der Waals surface area contributed by atoms with Crippen LogP contribution in [0.1, 0.15) is 44.0 Å². The minimum atomic E-state index is 0.252. The molecule has 6 nitrogen and oxygen atoms in total. The molecule has 2 heterocycles. The Kier molecular flexibility index (Phi) is 7.09. The third kappa shape index (κ3) is 5.58. The predicted octanol–water partition coefficient (Wildman–Crippen LogP) is 3.14. The summed E-state index contributed by atoms with van der Waals surface area (Å²) in [5.74, 6) is 1.10. The molecule has 2 aromatic rings. The highest BCUT2D eigenvalue weighted by Gasteiger charge is 2.19. The Hall–Kier alpha value is -2.34. The Bertz CT molecular complexity index is 754. The summed E-state index contributed by atoms with van der Waals surface area (Å²) in [6.07, 6.45) is 4.40. The smallest absolute Gasteiger partial charge is 0.222 e. The SMILES string of the molecule is COc1ccc(CCC(=O)N2CCCN(Cc3ccn(C(C)C)n3)CC2)cc1. The van der Waals surface area contributed by atoms with Gasteiger partial charge < -0.3 is 9.64 Å². The molecular weight excluding hydrogens is 352 g/mol. The van der Waals surface area contributed by atoms with Gasteiger partial charge in [0.15, 0.2) is 0 Å². The molecule has 0 saturated carbocycles. The number of methoxy groups -OCH3 is 1. The lowest BCUT2D eigenvalue weighted by molar-refractivity contribution is -0.131. The van der Waals surface area contributed by atoms with Gasteiger partial charge in [0.05, 0.1) is 12.8 Å². The number of nitrogens with zero attached hydrogens (tertiary/aromatic N) is 4. The van der Waals surface area contributed by atoms with Gasteiger partial charge in [-0.3, -0.25) is 14.4 Å². The molecular formula is C22H32N4O2. The van der Waals surface area contributed by atoms with E-state index in [0.717, 1.165) is 57.0 Å². The number of carbonyl (C=O) groups is 1. The van der Waals surface area contributed by atoms with Gasteiger partial charge >= 0.3 is 0 Å². The second kappa shape index (κ2) is 9.73. The Morgan fingerprint density at radius 2 is 1.89 bits per heavy atom. The molecule has 1 aliphatic rings. The summed E-state index contributed by atoms with van der Waals surface area (Å²) in [4.78, 5) is 17.1. The molecule has 1 amide bonds. The van der Waals surface area contributed by atoms with Crippen LogP contribution in [0.15, 0.2) is 36.5 Å². The van der Waals surface area contributed by atoms with Crippen LogP contribution in [0, 0.1) is 0 Å². The molecule has 1 aliphatic heterocycles. The van der Waals surface area contributed by atoms with Crippen LogP contribution >= 0.6 is 0 Å². The van der Waals surface area contributed by atoms with Crippen LogP contribution in [0.25, 0.3) is 0 Å². The van der Waals surface area contributed by atoms with Crippen molar-refractivity contribution in [2.75, 3.05) is 33.3 Å². The molecule has 0 atom stereocenters. The molecule has 0 radical (unpaired) electrons. The maximum absolute atomic E-state index is 12.7. The average molecular weight is 385 g/mol. The van der Waals surface area contributed by atoms with Crippen molar-refractivity contribution in [3.05, 3.63) is 47.8 Å². The van der Waals surface area contributed by atoms with Crippen molar-refractivity contribution >= 4 is 5.91 Å². The molecule has 1 aromatic heterocycles. The quantitative estimate of drug-likeness (QED) is 0.736. The summed E-state index contributed by atoms with van der Waals surface area (Å²) in [5.41, 5.74) is 2.28. The third-order valence-corrected chi connectivity index (χ3v) is 5.31. The second-order valence-electron chi connectivity index (χ2n) is 7.74.